The second-order valence-corrected chi connectivity index (χ2v) is 9.62. The molecule has 1 N–H and O–H groups in total. The molecule has 0 spiro atoms. The Kier molecular flexibility index (Phi) is 7.00. The smallest absolute Gasteiger partial charge is 0.335 e. The minimum Gasteiger partial charge on any atom is -0.488 e. The molecule has 6 nitrogen and oxygen atoms in total. The predicted octanol–water partition coefficient (Wildman–Crippen LogP) is 6.07. The van der Waals surface area contributed by atoms with Crippen molar-refractivity contribution >= 4 is 61.5 Å². The zero-order chi connectivity index (χ0) is 24.4. The third-order valence-electron chi connectivity index (χ3n) is 5.25. The highest BCUT2D eigenvalue weighted by Gasteiger charge is 2.37. The first-order chi connectivity index (χ1) is 16.2. The van der Waals surface area contributed by atoms with Gasteiger partial charge in [0.15, 0.2) is 0 Å². The molecular weight excluding hydrogens is 564 g/mol. The topological polar surface area (TPSA) is 75.7 Å². The SMILES string of the molecule is Cc1cccc(COc2ccc(Br)cc2/C=C2\C(=O)NC(=O)N(c3ccc(Br)c(C)c3)C2=O)c1. The van der Waals surface area contributed by atoms with Gasteiger partial charge in [-0.3, -0.25) is 14.9 Å². The number of imide groups is 2. The standard InChI is InChI=1S/C26H20Br2N2O4/c1-15-4-3-5-17(10-15)14-34-23-9-6-19(27)12-18(23)13-21-24(31)29-26(33)30(25(21)32)20-7-8-22(28)16(2)11-20/h3-13H,14H2,1-2H3,(H,29,31,33)/b21-13+. The Balaban J connectivity index is 1.68. The number of ether oxygens (including phenoxy) is 1. The van der Waals surface area contributed by atoms with Crippen molar-refractivity contribution in [1.29, 1.82) is 0 Å². The Morgan fingerprint density at radius 2 is 1.76 bits per heavy atom. The molecule has 3 aromatic carbocycles. The van der Waals surface area contributed by atoms with Crippen LogP contribution in [0.4, 0.5) is 10.5 Å². The van der Waals surface area contributed by atoms with E-state index in [4.69, 9.17) is 4.74 Å². The van der Waals surface area contributed by atoms with Crippen LogP contribution in [0.15, 0.2) is 75.2 Å². The van der Waals surface area contributed by atoms with E-state index in [0.29, 0.717) is 23.6 Å². The number of carbonyl (C=O) groups excluding carboxylic acids is 3. The van der Waals surface area contributed by atoms with Gasteiger partial charge in [0.1, 0.15) is 17.9 Å². The number of hydrogen-bond acceptors (Lipinski definition) is 4. The van der Waals surface area contributed by atoms with Crippen LogP contribution in [0.2, 0.25) is 0 Å². The fourth-order valence-corrected chi connectivity index (χ4v) is 4.17. The summed E-state index contributed by atoms with van der Waals surface area (Å²) in [7, 11) is 0. The number of amides is 4. The summed E-state index contributed by atoms with van der Waals surface area (Å²) in [6, 6.07) is 17.6. The van der Waals surface area contributed by atoms with Crippen LogP contribution in [0.25, 0.3) is 6.08 Å². The van der Waals surface area contributed by atoms with Crippen LogP contribution >= 0.6 is 31.9 Å². The predicted molar refractivity (Wildman–Crippen MR) is 138 cm³/mol. The van der Waals surface area contributed by atoms with Crippen LogP contribution in [0, 0.1) is 13.8 Å². The Morgan fingerprint density at radius 1 is 0.971 bits per heavy atom. The first-order valence-corrected chi connectivity index (χ1v) is 12.0. The number of halogens is 2. The van der Waals surface area contributed by atoms with E-state index in [2.05, 4.69) is 37.2 Å². The molecule has 8 heteroatoms. The van der Waals surface area contributed by atoms with Crippen LogP contribution in [-0.2, 0) is 16.2 Å². The largest absolute Gasteiger partial charge is 0.488 e. The van der Waals surface area contributed by atoms with E-state index in [-0.39, 0.29) is 5.57 Å². The molecule has 0 saturated carbocycles. The van der Waals surface area contributed by atoms with E-state index in [1.165, 1.54) is 6.08 Å². The molecule has 4 rings (SSSR count). The molecule has 172 valence electrons. The molecule has 1 aliphatic rings. The Hall–Kier alpha value is -3.23. The van der Waals surface area contributed by atoms with Crippen molar-refractivity contribution in [2.45, 2.75) is 20.5 Å². The highest BCUT2D eigenvalue weighted by Crippen LogP contribution is 2.30. The summed E-state index contributed by atoms with van der Waals surface area (Å²) in [4.78, 5) is 39.4. The highest BCUT2D eigenvalue weighted by molar-refractivity contribution is 9.10. The van der Waals surface area contributed by atoms with Crippen molar-refractivity contribution in [3.63, 3.8) is 0 Å². The van der Waals surface area contributed by atoms with E-state index in [0.717, 1.165) is 30.5 Å². The molecule has 1 heterocycles. The van der Waals surface area contributed by atoms with E-state index in [1.54, 1.807) is 30.3 Å². The molecular formula is C26H20Br2N2O4. The van der Waals surface area contributed by atoms with E-state index in [9.17, 15) is 14.4 Å². The Bertz CT molecular complexity index is 1350. The highest BCUT2D eigenvalue weighted by atomic mass is 79.9. The number of anilines is 1. The summed E-state index contributed by atoms with van der Waals surface area (Å²) in [5.41, 5.74) is 3.69. The van der Waals surface area contributed by atoms with Crippen LogP contribution in [-0.4, -0.2) is 17.8 Å². The van der Waals surface area contributed by atoms with Crippen LogP contribution < -0.4 is 15.0 Å². The van der Waals surface area contributed by atoms with Gasteiger partial charge in [-0.1, -0.05) is 61.7 Å². The molecule has 0 aromatic heterocycles. The first kappa shape index (κ1) is 23.9. The molecule has 0 bridgehead atoms. The molecule has 0 aliphatic carbocycles. The maximum Gasteiger partial charge on any atom is 0.335 e. The Labute approximate surface area is 213 Å². The summed E-state index contributed by atoms with van der Waals surface area (Å²) in [6.07, 6.45) is 1.44. The van der Waals surface area contributed by atoms with Crippen molar-refractivity contribution in [3.8, 4) is 5.75 Å². The minimum absolute atomic E-state index is 0.168. The first-order valence-electron chi connectivity index (χ1n) is 10.4. The molecule has 3 aromatic rings. The van der Waals surface area contributed by atoms with Gasteiger partial charge in [-0.25, -0.2) is 9.69 Å². The quantitative estimate of drug-likeness (QED) is 0.292. The lowest BCUT2D eigenvalue weighted by molar-refractivity contribution is -0.122. The number of benzene rings is 3. The maximum atomic E-state index is 13.3. The number of aryl methyl sites for hydroxylation is 2. The molecule has 0 atom stereocenters. The maximum absolute atomic E-state index is 13.3. The van der Waals surface area contributed by atoms with Crippen molar-refractivity contribution in [2.24, 2.45) is 0 Å². The summed E-state index contributed by atoms with van der Waals surface area (Å²) in [5.74, 6) is -0.967. The van der Waals surface area contributed by atoms with Gasteiger partial charge >= 0.3 is 6.03 Å². The van der Waals surface area contributed by atoms with E-state index < -0.39 is 17.8 Å². The molecule has 34 heavy (non-hydrogen) atoms. The third-order valence-corrected chi connectivity index (χ3v) is 6.63. The summed E-state index contributed by atoms with van der Waals surface area (Å²) in [5, 5.41) is 2.26. The summed E-state index contributed by atoms with van der Waals surface area (Å²) < 4.78 is 7.61. The lowest BCUT2D eigenvalue weighted by Crippen LogP contribution is -2.54. The number of nitrogens with one attached hydrogen (secondary N) is 1. The molecule has 1 saturated heterocycles. The minimum atomic E-state index is -0.793. The number of carbonyl (C=O) groups is 3. The molecule has 0 radical (unpaired) electrons. The number of nitrogens with zero attached hydrogens (tertiary/aromatic N) is 1. The van der Waals surface area contributed by atoms with Gasteiger partial charge in [-0.15, -0.1) is 0 Å². The van der Waals surface area contributed by atoms with Crippen LogP contribution in [0.3, 0.4) is 0 Å². The number of barbiturate groups is 1. The number of hydrogen-bond donors (Lipinski definition) is 1. The molecule has 1 fully saturated rings. The van der Waals surface area contributed by atoms with Gasteiger partial charge in [0, 0.05) is 14.5 Å². The van der Waals surface area contributed by atoms with Crippen LogP contribution in [0.1, 0.15) is 22.3 Å². The van der Waals surface area contributed by atoms with Gasteiger partial charge in [0.25, 0.3) is 11.8 Å². The summed E-state index contributed by atoms with van der Waals surface area (Å²) >= 11 is 6.84. The summed E-state index contributed by atoms with van der Waals surface area (Å²) in [6.45, 7) is 4.18. The van der Waals surface area contributed by atoms with Crippen LogP contribution in [0.5, 0.6) is 5.75 Å². The van der Waals surface area contributed by atoms with E-state index in [1.807, 2.05) is 44.2 Å². The fourth-order valence-electron chi connectivity index (χ4n) is 3.54. The Morgan fingerprint density at radius 3 is 2.50 bits per heavy atom. The van der Waals surface area contributed by atoms with Crippen molar-refractivity contribution in [1.82, 2.24) is 5.32 Å². The lowest BCUT2D eigenvalue weighted by Gasteiger charge is -2.27. The monoisotopic (exact) mass is 582 g/mol. The van der Waals surface area contributed by atoms with Gasteiger partial charge in [-0.05, 0) is 67.4 Å². The van der Waals surface area contributed by atoms with E-state index >= 15 is 0 Å². The number of rotatable bonds is 5. The zero-order valence-corrected chi connectivity index (χ0v) is 21.6. The second-order valence-electron chi connectivity index (χ2n) is 7.85. The van der Waals surface area contributed by atoms with Crippen molar-refractivity contribution < 1.29 is 19.1 Å². The molecule has 4 amide bonds. The van der Waals surface area contributed by atoms with Gasteiger partial charge in [0.2, 0.25) is 0 Å². The zero-order valence-electron chi connectivity index (χ0n) is 18.4. The average Bonchev–Trinajstić information content (AvgIpc) is 2.78. The van der Waals surface area contributed by atoms with Gasteiger partial charge in [0.05, 0.1) is 5.69 Å². The molecule has 0 unspecified atom stereocenters. The van der Waals surface area contributed by atoms with Crippen molar-refractivity contribution in [2.75, 3.05) is 4.90 Å². The van der Waals surface area contributed by atoms with Gasteiger partial charge < -0.3 is 4.74 Å². The van der Waals surface area contributed by atoms with Gasteiger partial charge in [-0.2, -0.15) is 0 Å². The average molecular weight is 584 g/mol. The molecule has 1 aliphatic heterocycles. The van der Waals surface area contributed by atoms with Crippen molar-refractivity contribution in [3.05, 3.63) is 97.4 Å². The number of urea groups is 1. The normalized spacial score (nSPS) is 15.0. The second kappa shape index (κ2) is 9.95. The fraction of sp³-hybridized carbons (Fsp3) is 0.115. The lowest BCUT2D eigenvalue weighted by atomic mass is 10.1. The third kappa shape index (κ3) is 5.13.